The van der Waals surface area contributed by atoms with Crippen molar-refractivity contribution in [3.8, 4) is 11.6 Å². The third kappa shape index (κ3) is 5.49. The van der Waals surface area contributed by atoms with E-state index in [-0.39, 0.29) is 24.3 Å². The number of hydrogen-bond donors (Lipinski definition) is 1. The molecule has 1 aromatic carbocycles. The molecule has 2 heterocycles. The number of hydrogen-bond acceptors (Lipinski definition) is 6. The van der Waals surface area contributed by atoms with Crippen molar-refractivity contribution in [3.63, 3.8) is 0 Å². The van der Waals surface area contributed by atoms with Crippen LogP contribution in [-0.4, -0.2) is 44.1 Å². The Kier molecular flexibility index (Phi) is 7.34. The average Bonchev–Trinajstić information content (AvgIpc) is 3.56. The van der Waals surface area contributed by atoms with Crippen LogP contribution in [0, 0.1) is 12.7 Å². The Labute approximate surface area is 197 Å². The maximum Gasteiger partial charge on any atom is 0.251 e. The summed E-state index contributed by atoms with van der Waals surface area (Å²) >= 11 is 0. The highest BCUT2D eigenvalue weighted by atomic mass is 19.1. The van der Waals surface area contributed by atoms with E-state index in [9.17, 15) is 14.0 Å². The third-order valence-corrected chi connectivity index (χ3v) is 5.92. The zero-order valence-electron chi connectivity index (χ0n) is 19.4. The Morgan fingerprint density at radius 2 is 2.06 bits per heavy atom. The molecule has 180 valence electrons. The quantitative estimate of drug-likeness (QED) is 0.514. The molecule has 4 rings (SSSR count). The number of tetrazole rings is 1. The fraction of sp³-hybridized carbons (Fsp3) is 0.458. The van der Waals surface area contributed by atoms with Crippen LogP contribution < -0.4 is 10.2 Å². The third-order valence-electron chi connectivity index (χ3n) is 5.92. The Morgan fingerprint density at radius 1 is 1.26 bits per heavy atom. The SMILES string of the molecule is CCC[C@@H](C(=O)NC1CCCC1)N(C(=O)Cn1nnc(-c2ccc(C)o2)n1)c1cccc(F)c1. The summed E-state index contributed by atoms with van der Waals surface area (Å²) in [5.41, 5.74) is 0.312. The number of aryl methyl sites for hydroxylation is 1. The summed E-state index contributed by atoms with van der Waals surface area (Å²) in [6.45, 7) is 3.49. The molecule has 1 aliphatic carbocycles. The van der Waals surface area contributed by atoms with E-state index in [4.69, 9.17) is 4.42 Å². The zero-order chi connectivity index (χ0) is 24.1. The van der Waals surface area contributed by atoms with Crippen molar-refractivity contribution >= 4 is 17.5 Å². The van der Waals surface area contributed by atoms with E-state index in [2.05, 4.69) is 20.7 Å². The number of furan rings is 1. The first-order chi connectivity index (χ1) is 16.4. The molecular formula is C24H29FN6O3. The molecule has 34 heavy (non-hydrogen) atoms. The molecule has 2 aromatic heterocycles. The van der Waals surface area contributed by atoms with Crippen LogP contribution >= 0.6 is 0 Å². The van der Waals surface area contributed by atoms with Gasteiger partial charge in [-0.1, -0.05) is 32.3 Å². The Hall–Kier alpha value is -3.56. The molecule has 1 aliphatic rings. The number of halogens is 1. The summed E-state index contributed by atoms with van der Waals surface area (Å²) in [5.74, 6) is 0.238. The maximum absolute atomic E-state index is 14.1. The number of benzene rings is 1. The largest absolute Gasteiger partial charge is 0.458 e. The van der Waals surface area contributed by atoms with E-state index in [0.717, 1.165) is 30.5 Å². The van der Waals surface area contributed by atoms with Crippen LogP contribution in [0.3, 0.4) is 0 Å². The van der Waals surface area contributed by atoms with Crippen LogP contribution in [-0.2, 0) is 16.1 Å². The number of amides is 2. The van der Waals surface area contributed by atoms with Crippen molar-refractivity contribution in [2.24, 2.45) is 0 Å². The molecule has 10 heteroatoms. The molecule has 1 fully saturated rings. The second-order valence-corrected chi connectivity index (χ2v) is 8.59. The molecule has 9 nitrogen and oxygen atoms in total. The lowest BCUT2D eigenvalue weighted by Gasteiger charge is -2.31. The normalized spacial score (nSPS) is 14.8. The van der Waals surface area contributed by atoms with Gasteiger partial charge in [0.25, 0.3) is 5.91 Å². The van der Waals surface area contributed by atoms with E-state index in [1.54, 1.807) is 25.1 Å². The van der Waals surface area contributed by atoms with Gasteiger partial charge in [0.05, 0.1) is 0 Å². The second kappa shape index (κ2) is 10.6. The fourth-order valence-corrected chi connectivity index (χ4v) is 4.30. The van der Waals surface area contributed by atoms with Crippen molar-refractivity contribution in [1.82, 2.24) is 25.5 Å². The van der Waals surface area contributed by atoms with Gasteiger partial charge in [0.15, 0.2) is 5.76 Å². The van der Waals surface area contributed by atoms with Gasteiger partial charge in [-0.2, -0.15) is 4.80 Å². The molecule has 0 bridgehead atoms. The van der Waals surface area contributed by atoms with Gasteiger partial charge in [-0.15, -0.1) is 10.2 Å². The molecule has 0 radical (unpaired) electrons. The molecule has 0 unspecified atom stereocenters. The first kappa shape index (κ1) is 23.6. The van der Waals surface area contributed by atoms with Crippen molar-refractivity contribution in [1.29, 1.82) is 0 Å². The number of rotatable bonds is 9. The molecule has 1 saturated carbocycles. The highest BCUT2D eigenvalue weighted by molar-refractivity contribution is 6.00. The smallest absolute Gasteiger partial charge is 0.251 e. The standard InChI is InChI=1S/C24H29FN6O3/c1-3-7-20(24(33)26-18-9-4-5-10-18)31(19-11-6-8-17(25)14-19)22(32)15-30-28-23(27-29-30)21-13-12-16(2)34-21/h6,8,11-14,18,20H,3-5,7,9-10,15H2,1-2H3,(H,26,33)/t20-/m0/s1. The summed E-state index contributed by atoms with van der Waals surface area (Å²) in [6.07, 6.45) is 5.11. The van der Waals surface area contributed by atoms with Crippen LogP contribution in [0.4, 0.5) is 10.1 Å². The minimum absolute atomic E-state index is 0.104. The number of aromatic nitrogens is 4. The molecule has 1 N–H and O–H groups in total. The van der Waals surface area contributed by atoms with Crippen LogP contribution in [0.5, 0.6) is 0 Å². The number of anilines is 1. The molecular weight excluding hydrogens is 439 g/mol. The van der Waals surface area contributed by atoms with Crippen LogP contribution in [0.2, 0.25) is 0 Å². The van der Waals surface area contributed by atoms with Crippen molar-refractivity contribution in [3.05, 3.63) is 48.0 Å². The predicted octanol–water partition coefficient (Wildman–Crippen LogP) is 3.64. The van der Waals surface area contributed by atoms with Crippen LogP contribution in [0.1, 0.15) is 51.2 Å². The topological polar surface area (TPSA) is 106 Å². The fourth-order valence-electron chi connectivity index (χ4n) is 4.30. The Bertz CT molecular complexity index is 1140. The van der Waals surface area contributed by atoms with Crippen molar-refractivity contribution < 1.29 is 18.4 Å². The van der Waals surface area contributed by atoms with Gasteiger partial charge in [-0.3, -0.25) is 14.5 Å². The van der Waals surface area contributed by atoms with Gasteiger partial charge in [0.2, 0.25) is 11.7 Å². The highest BCUT2D eigenvalue weighted by Crippen LogP contribution is 2.24. The summed E-state index contributed by atoms with van der Waals surface area (Å²) < 4.78 is 19.6. The molecule has 1 atom stereocenters. The molecule has 0 saturated heterocycles. The second-order valence-electron chi connectivity index (χ2n) is 8.59. The van der Waals surface area contributed by atoms with Gasteiger partial charge in [-0.25, -0.2) is 4.39 Å². The van der Waals surface area contributed by atoms with Crippen LogP contribution in [0.15, 0.2) is 40.8 Å². The molecule has 0 spiro atoms. The molecule has 0 aliphatic heterocycles. The Morgan fingerprint density at radius 3 is 2.74 bits per heavy atom. The first-order valence-corrected chi connectivity index (χ1v) is 11.7. The lowest BCUT2D eigenvalue weighted by molar-refractivity contribution is -0.127. The van der Waals surface area contributed by atoms with E-state index in [1.807, 2.05) is 6.92 Å². The monoisotopic (exact) mass is 468 g/mol. The number of nitrogens with zero attached hydrogens (tertiary/aromatic N) is 5. The van der Waals surface area contributed by atoms with Gasteiger partial charge in [-0.05, 0) is 61.7 Å². The minimum Gasteiger partial charge on any atom is -0.458 e. The van der Waals surface area contributed by atoms with Gasteiger partial charge in [0, 0.05) is 11.7 Å². The van der Waals surface area contributed by atoms with E-state index >= 15 is 0 Å². The lowest BCUT2D eigenvalue weighted by atomic mass is 10.1. The minimum atomic E-state index is -0.782. The summed E-state index contributed by atoms with van der Waals surface area (Å²) in [4.78, 5) is 29.3. The predicted molar refractivity (Wildman–Crippen MR) is 123 cm³/mol. The Balaban J connectivity index is 1.60. The van der Waals surface area contributed by atoms with Crippen molar-refractivity contribution in [2.45, 2.75) is 71.0 Å². The lowest BCUT2D eigenvalue weighted by Crippen LogP contribution is -2.52. The van der Waals surface area contributed by atoms with Crippen LogP contribution in [0.25, 0.3) is 11.6 Å². The number of carbonyl (C=O) groups is 2. The zero-order valence-corrected chi connectivity index (χ0v) is 19.4. The number of carbonyl (C=O) groups excluding carboxylic acids is 2. The molecule has 3 aromatic rings. The average molecular weight is 469 g/mol. The van der Waals surface area contributed by atoms with E-state index in [1.165, 1.54) is 23.1 Å². The van der Waals surface area contributed by atoms with Gasteiger partial charge >= 0.3 is 0 Å². The van der Waals surface area contributed by atoms with E-state index < -0.39 is 17.8 Å². The van der Waals surface area contributed by atoms with Gasteiger partial charge < -0.3 is 9.73 Å². The summed E-state index contributed by atoms with van der Waals surface area (Å²) in [5, 5.41) is 15.2. The number of nitrogens with one attached hydrogen (secondary N) is 1. The summed E-state index contributed by atoms with van der Waals surface area (Å²) in [7, 11) is 0. The van der Waals surface area contributed by atoms with Gasteiger partial charge in [0.1, 0.15) is 24.2 Å². The molecule has 2 amide bonds. The van der Waals surface area contributed by atoms with E-state index in [0.29, 0.717) is 30.0 Å². The van der Waals surface area contributed by atoms with Crippen molar-refractivity contribution in [2.75, 3.05) is 4.90 Å². The summed E-state index contributed by atoms with van der Waals surface area (Å²) in [6, 6.07) is 8.54. The highest BCUT2D eigenvalue weighted by Gasteiger charge is 2.33. The first-order valence-electron chi connectivity index (χ1n) is 11.7. The maximum atomic E-state index is 14.1.